The second kappa shape index (κ2) is 7.25. The first kappa shape index (κ1) is 17.3. The molecule has 1 aliphatic carbocycles. The van der Waals surface area contributed by atoms with Crippen molar-refractivity contribution in [2.45, 2.75) is 51.6 Å². The fraction of sp³-hybridized carbons (Fsp3) is 0.474. The summed E-state index contributed by atoms with van der Waals surface area (Å²) in [5.41, 5.74) is 1.95. The molecular weight excluding hydrogens is 350 g/mol. The van der Waals surface area contributed by atoms with Crippen LogP contribution in [0.3, 0.4) is 0 Å². The third-order valence-electron chi connectivity index (χ3n) is 4.77. The number of nitrogens with zero attached hydrogens (tertiary/aromatic N) is 1. The Labute approximate surface area is 156 Å². The molecule has 0 radical (unpaired) electrons. The van der Waals surface area contributed by atoms with E-state index < -0.39 is 0 Å². The highest BCUT2D eigenvalue weighted by molar-refractivity contribution is 7.11. The highest BCUT2D eigenvalue weighted by Gasteiger charge is 2.22. The summed E-state index contributed by atoms with van der Waals surface area (Å²) in [5.74, 6) is 1.28. The molecule has 1 aromatic heterocycles. The van der Waals surface area contributed by atoms with Gasteiger partial charge < -0.3 is 14.8 Å². The summed E-state index contributed by atoms with van der Waals surface area (Å²) in [6, 6.07) is 5.11. The second-order valence-electron chi connectivity index (χ2n) is 6.80. The zero-order chi connectivity index (χ0) is 18.1. The van der Waals surface area contributed by atoms with Crippen molar-refractivity contribution in [2.75, 3.05) is 12.1 Å². The minimum atomic E-state index is -0.337. The van der Waals surface area contributed by atoms with E-state index in [-0.39, 0.29) is 24.8 Å². The number of carbonyl (C=O) groups excluding carboxylic acids is 1. The molecule has 2 aromatic rings. The molecule has 0 unspecified atom stereocenters. The van der Waals surface area contributed by atoms with Crippen LogP contribution in [-0.4, -0.2) is 23.7 Å². The molecule has 1 aliphatic heterocycles. The number of aromatic nitrogens is 1. The van der Waals surface area contributed by atoms with Crippen LogP contribution in [0.4, 0.5) is 5.69 Å². The van der Waals surface area contributed by atoms with Crippen LogP contribution in [0.25, 0.3) is 0 Å². The average molecular weight is 373 g/mol. The highest BCUT2D eigenvalue weighted by atomic mass is 32.1. The zero-order valence-corrected chi connectivity index (χ0v) is 15.8. The first-order valence-corrected chi connectivity index (χ1v) is 9.87. The van der Waals surface area contributed by atoms with Crippen molar-refractivity contribution in [2.24, 2.45) is 0 Å². The molecule has 0 fully saturated rings. The number of hydrogen-bond acceptors (Lipinski definition) is 6. The minimum Gasteiger partial charge on any atom is -0.454 e. The molecule has 2 aliphatic rings. The van der Waals surface area contributed by atoms with Gasteiger partial charge >= 0.3 is 0 Å². The standard InChI is InChI=1S/C19H23N3O3S/c1-11(18(23)21-13-7-8-15-16(9-13)25-10-24-15)20-12(2)19-22-14-5-3-4-6-17(14)26-19/h7-9,11-12,20H,3-6,10H2,1-2H3,(H,21,23)/t11-,12-/m0/s1. The van der Waals surface area contributed by atoms with Crippen LogP contribution in [0, 0.1) is 0 Å². The van der Waals surface area contributed by atoms with E-state index in [0.717, 1.165) is 17.8 Å². The van der Waals surface area contributed by atoms with Crippen LogP contribution in [0.2, 0.25) is 0 Å². The first-order valence-electron chi connectivity index (χ1n) is 9.05. The number of rotatable bonds is 5. The Morgan fingerprint density at radius 3 is 2.85 bits per heavy atom. The predicted molar refractivity (Wildman–Crippen MR) is 101 cm³/mol. The van der Waals surface area contributed by atoms with E-state index in [1.54, 1.807) is 23.5 Å². The molecule has 0 saturated heterocycles. The SMILES string of the molecule is C[C@H](N[C@@H](C)c1nc2c(s1)CCCC2)C(=O)Nc1ccc2c(c1)OCO2. The van der Waals surface area contributed by atoms with Gasteiger partial charge in [-0.15, -0.1) is 11.3 Å². The van der Waals surface area contributed by atoms with Gasteiger partial charge in [0.1, 0.15) is 5.01 Å². The molecule has 2 heterocycles. The van der Waals surface area contributed by atoms with Crippen LogP contribution in [0.1, 0.15) is 48.3 Å². The molecule has 2 atom stereocenters. The van der Waals surface area contributed by atoms with E-state index >= 15 is 0 Å². The lowest BCUT2D eigenvalue weighted by atomic mass is 10.0. The summed E-state index contributed by atoms with van der Waals surface area (Å²) < 4.78 is 10.6. The number of amides is 1. The number of hydrogen-bond donors (Lipinski definition) is 2. The Bertz CT molecular complexity index is 797. The Morgan fingerprint density at radius 1 is 1.19 bits per heavy atom. The fourth-order valence-electron chi connectivity index (χ4n) is 3.30. The molecule has 1 aromatic carbocycles. The van der Waals surface area contributed by atoms with Crippen molar-refractivity contribution in [3.8, 4) is 11.5 Å². The molecule has 4 rings (SSSR count). The van der Waals surface area contributed by atoms with Crippen molar-refractivity contribution in [1.82, 2.24) is 10.3 Å². The van der Waals surface area contributed by atoms with Gasteiger partial charge in [0.15, 0.2) is 11.5 Å². The summed E-state index contributed by atoms with van der Waals surface area (Å²) in [6.45, 7) is 4.15. The van der Waals surface area contributed by atoms with Gasteiger partial charge in [0, 0.05) is 16.6 Å². The maximum Gasteiger partial charge on any atom is 0.241 e. The van der Waals surface area contributed by atoms with Crippen LogP contribution < -0.4 is 20.1 Å². The van der Waals surface area contributed by atoms with Crippen molar-refractivity contribution >= 4 is 22.9 Å². The zero-order valence-electron chi connectivity index (χ0n) is 15.0. The van der Waals surface area contributed by atoms with Gasteiger partial charge in [0.25, 0.3) is 0 Å². The van der Waals surface area contributed by atoms with Crippen molar-refractivity contribution in [1.29, 1.82) is 0 Å². The van der Waals surface area contributed by atoms with E-state index in [1.807, 2.05) is 13.0 Å². The van der Waals surface area contributed by atoms with E-state index in [9.17, 15) is 4.79 Å². The summed E-state index contributed by atoms with van der Waals surface area (Å²) >= 11 is 1.78. The van der Waals surface area contributed by atoms with Gasteiger partial charge in [-0.05, 0) is 51.7 Å². The van der Waals surface area contributed by atoms with E-state index in [0.29, 0.717) is 17.2 Å². The van der Waals surface area contributed by atoms with Crippen LogP contribution in [0.15, 0.2) is 18.2 Å². The van der Waals surface area contributed by atoms with Crippen molar-refractivity contribution in [3.63, 3.8) is 0 Å². The third kappa shape index (κ3) is 3.54. The minimum absolute atomic E-state index is 0.0445. The van der Waals surface area contributed by atoms with Crippen molar-refractivity contribution in [3.05, 3.63) is 33.8 Å². The van der Waals surface area contributed by atoms with Gasteiger partial charge in [-0.2, -0.15) is 0 Å². The predicted octanol–water partition coefficient (Wildman–Crippen LogP) is 3.43. The van der Waals surface area contributed by atoms with Gasteiger partial charge in [-0.25, -0.2) is 4.98 Å². The molecule has 0 spiro atoms. The summed E-state index contributed by atoms with van der Waals surface area (Å²) in [5, 5.41) is 7.35. The lowest BCUT2D eigenvalue weighted by Gasteiger charge is -2.18. The maximum absolute atomic E-state index is 12.5. The van der Waals surface area contributed by atoms with E-state index in [4.69, 9.17) is 14.5 Å². The summed E-state index contributed by atoms with van der Waals surface area (Å²) in [7, 11) is 0. The monoisotopic (exact) mass is 373 g/mol. The Kier molecular flexibility index (Phi) is 4.82. The Morgan fingerprint density at radius 2 is 2.00 bits per heavy atom. The molecule has 26 heavy (non-hydrogen) atoms. The fourth-order valence-corrected chi connectivity index (χ4v) is 4.47. The number of thiazole rings is 1. The number of benzene rings is 1. The largest absolute Gasteiger partial charge is 0.454 e. The number of fused-ring (bicyclic) bond motifs is 2. The number of nitrogens with one attached hydrogen (secondary N) is 2. The molecule has 6 nitrogen and oxygen atoms in total. The maximum atomic E-state index is 12.5. The normalized spacial score (nSPS) is 17.5. The second-order valence-corrected chi connectivity index (χ2v) is 7.91. The number of aryl methyl sites for hydroxylation is 2. The number of anilines is 1. The van der Waals surface area contributed by atoms with Crippen LogP contribution >= 0.6 is 11.3 Å². The lowest BCUT2D eigenvalue weighted by Crippen LogP contribution is -2.39. The van der Waals surface area contributed by atoms with Gasteiger partial charge in [0.2, 0.25) is 12.7 Å². The lowest BCUT2D eigenvalue weighted by molar-refractivity contribution is -0.117. The van der Waals surface area contributed by atoms with Crippen LogP contribution in [-0.2, 0) is 17.6 Å². The summed E-state index contributed by atoms with van der Waals surface area (Å²) in [4.78, 5) is 18.7. The smallest absolute Gasteiger partial charge is 0.241 e. The molecule has 138 valence electrons. The number of carbonyl (C=O) groups is 1. The van der Waals surface area contributed by atoms with Crippen LogP contribution in [0.5, 0.6) is 11.5 Å². The van der Waals surface area contributed by atoms with E-state index in [2.05, 4.69) is 17.6 Å². The molecular formula is C19H23N3O3S. The molecule has 2 N–H and O–H groups in total. The first-order chi connectivity index (χ1) is 12.6. The van der Waals surface area contributed by atoms with Gasteiger partial charge in [0.05, 0.1) is 17.8 Å². The van der Waals surface area contributed by atoms with Gasteiger partial charge in [-0.3, -0.25) is 10.1 Å². The average Bonchev–Trinajstić information content (AvgIpc) is 3.27. The quantitative estimate of drug-likeness (QED) is 0.840. The van der Waals surface area contributed by atoms with Crippen molar-refractivity contribution < 1.29 is 14.3 Å². The molecule has 1 amide bonds. The Hall–Kier alpha value is -2.12. The Balaban J connectivity index is 1.37. The van der Waals surface area contributed by atoms with E-state index in [1.165, 1.54) is 23.4 Å². The topological polar surface area (TPSA) is 72.5 Å². The van der Waals surface area contributed by atoms with Gasteiger partial charge in [-0.1, -0.05) is 0 Å². The highest BCUT2D eigenvalue weighted by Crippen LogP contribution is 2.34. The number of ether oxygens (including phenoxy) is 2. The molecule has 0 bridgehead atoms. The summed E-state index contributed by atoms with van der Waals surface area (Å²) in [6.07, 6.45) is 4.70. The third-order valence-corrected chi connectivity index (χ3v) is 6.11. The molecule has 7 heteroatoms. The molecule has 0 saturated carbocycles.